The molecule has 0 amide bonds. The quantitative estimate of drug-likeness (QED) is 0.578. The summed E-state index contributed by atoms with van der Waals surface area (Å²) >= 11 is 0. The zero-order chi connectivity index (χ0) is 21.8. The van der Waals surface area contributed by atoms with Crippen molar-refractivity contribution < 1.29 is 5.11 Å². The summed E-state index contributed by atoms with van der Waals surface area (Å²) in [7, 11) is 0. The lowest BCUT2D eigenvalue weighted by Crippen LogP contribution is -2.40. The van der Waals surface area contributed by atoms with Crippen LogP contribution in [0, 0.1) is 0 Å². The van der Waals surface area contributed by atoms with Crippen molar-refractivity contribution in [1.82, 2.24) is 19.2 Å². The summed E-state index contributed by atoms with van der Waals surface area (Å²) < 4.78 is 3.53. The summed E-state index contributed by atoms with van der Waals surface area (Å²) in [5, 5.41) is 17.6. The highest BCUT2D eigenvalue weighted by Gasteiger charge is 2.24. The zero-order valence-corrected chi connectivity index (χ0v) is 18.4. The van der Waals surface area contributed by atoms with E-state index in [2.05, 4.69) is 22.2 Å². The smallest absolute Gasteiger partial charge is 0.250 e. The maximum absolute atomic E-state index is 12.2. The van der Waals surface area contributed by atoms with Crippen LogP contribution in [0.25, 0.3) is 5.65 Å². The van der Waals surface area contributed by atoms with Crippen molar-refractivity contribution in [2.24, 2.45) is 0 Å². The molecule has 1 aliphatic rings. The molecule has 4 heterocycles. The van der Waals surface area contributed by atoms with E-state index in [0.29, 0.717) is 19.1 Å². The number of nitrogens with zero attached hydrogens (tertiary/aromatic N) is 5. The molecule has 1 fully saturated rings. The van der Waals surface area contributed by atoms with Gasteiger partial charge in [-0.3, -0.25) is 4.79 Å². The Morgan fingerprint density at radius 1 is 1.26 bits per heavy atom. The van der Waals surface area contributed by atoms with E-state index in [4.69, 9.17) is 4.98 Å². The maximum atomic E-state index is 12.2. The monoisotopic (exact) mass is 424 g/mol. The summed E-state index contributed by atoms with van der Waals surface area (Å²) in [6, 6.07) is 6.00. The number of aromatic nitrogens is 4. The number of hydrogen-bond donors (Lipinski definition) is 2. The van der Waals surface area contributed by atoms with E-state index in [1.165, 1.54) is 6.42 Å². The number of pyridine rings is 1. The van der Waals surface area contributed by atoms with Crippen LogP contribution in [0.3, 0.4) is 0 Å². The van der Waals surface area contributed by atoms with Crippen molar-refractivity contribution >= 4 is 17.3 Å². The summed E-state index contributed by atoms with van der Waals surface area (Å²) in [6.07, 6.45) is 8.71. The van der Waals surface area contributed by atoms with Gasteiger partial charge in [0, 0.05) is 56.2 Å². The molecule has 0 saturated carbocycles. The highest BCUT2D eigenvalue weighted by atomic mass is 16.3. The second kappa shape index (κ2) is 9.51. The summed E-state index contributed by atoms with van der Waals surface area (Å²) in [6.45, 7) is 6.39. The SMILES string of the molecule is CCc1cnn2c(NCc3ccn(CC)c(=O)c3)cc(N3CCCC[C@H]3CCO)nc12. The van der Waals surface area contributed by atoms with Crippen LogP contribution >= 0.6 is 0 Å². The Kier molecular flexibility index (Phi) is 6.56. The largest absolute Gasteiger partial charge is 0.396 e. The number of rotatable bonds is 8. The van der Waals surface area contributed by atoms with Crippen LogP contribution in [0.4, 0.5) is 11.6 Å². The maximum Gasteiger partial charge on any atom is 0.250 e. The van der Waals surface area contributed by atoms with Crippen LogP contribution in [0.2, 0.25) is 0 Å². The number of fused-ring (bicyclic) bond motifs is 1. The van der Waals surface area contributed by atoms with Crippen molar-refractivity contribution in [3.05, 3.63) is 52.1 Å². The van der Waals surface area contributed by atoms with Crippen LogP contribution in [0.15, 0.2) is 35.4 Å². The minimum absolute atomic E-state index is 0.00915. The minimum Gasteiger partial charge on any atom is -0.396 e. The van der Waals surface area contributed by atoms with Gasteiger partial charge in [-0.2, -0.15) is 9.61 Å². The first-order valence-corrected chi connectivity index (χ1v) is 11.3. The molecule has 4 rings (SSSR count). The van der Waals surface area contributed by atoms with Crippen LogP contribution in [-0.4, -0.2) is 43.5 Å². The number of aryl methyl sites for hydroxylation is 2. The van der Waals surface area contributed by atoms with E-state index in [1.807, 2.05) is 36.0 Å². The fraction of sp³-hybridized carbons (Fsp3) is 0.522. The Balaban J connectivity index is 1.67. The molecular formula is C23H32N6O2. The Hall–Kier alpha value is -2.87. The molecule has 2 N–H and O–H groups in total. The first-order valence-electron chi connectivity index (χ1n) is 11.3. The first kappa shape index (κ1) is 21.4. The summed E-state index contributed by atoms with van der Waals surface area (Å²) in [5.41, 5.74) is 2.90. The van der Waals surface area contributed by atoms with Gasteiger partial charge in [0.05, 0.1) is 6.20 Å². The van der Waals surface area contributed by atoms with Gasteiger partial charge in [0.25, 0.3) is 5.56 Å². The normalized spacial score (nSPS) is 16.7. The van der Waals surface area contributed by atoms with Crippen LogP contribution in [0.5, 0.6) is 0 Å². The van der Waals surface area contributed by atoms with Gasteiger partial charge in [-0.05, 0) is 50.7 Å². The molecule has 1 aliphatic heterocycles. The highest BCUT2D eigenvalue weighted by molar-refractivity contribution is 5.61. The third-order valence-electron chi connectivity index (χ3n) is 6.17. The van der Waals surface area contributed by atoms with Crippen LogP contribution < -0.4 is 15.8 Å². The molecule has 0 bridgehead atoms. The van der Waals surface area contributed by atoms with Gasteiger partial charge >= 0.3 is 0 Å². The van der Waals surface area contributed by atoms with Gasteiger partial charge < -0.3 is 19.9 Å². The summed E-state index contributed by atoms with van der Waals surface area (Å²) in [4.78, 5) is 19.5. The molecule has 1 saturated heterocycles. The molecule has 3 aromatic heterocycles. The van der Waals surface area contributed by atoms with Crippen molar-refractivity contribution in [1.29, 1.82) is 0 Å². The molecule has 166 valence electrons. The molecule has 0 aromatic carbocycles. The second-order valence-corrected chi connectivity index (χ2v) is 8.13. The van der Waals surface area contributed by atoms with E-state index in [-0.39, 0.29) is 12.2 Å². The van der Waals surface area contributed by atoms with Crippen LogP contribution in [-0.2, 0) is 19.5 Å². The number of piperidine rings is 1. The summed E-state index contributed by atoms with van der Waals surface area (Å²) in [5.74, 6) is 1.78. The highest BCUT2D eigenvalue weighted by Crippen LogP contribution is 2.29. The molecule has 0 spiro atoms. The molecule has 0 radical (unpaired) electrons. The first-order chi connectivity index (χ1) is 15.1. The number of hydrogen-bond acceptors (Lipinski definition) is 6. The molecule has 0 aliphatic carbocycles. The third-order valence-corrected chi connectivity index (χ3v) is 6.17. The zero-order valence-electron chi connectivity index (χ0n) is 18.4. The predicted molar refractivity (Wildman–Crippen MR) is 123 cm³/mol. The second-order valence-electron chi connectivity index (χ2n) is 8.13. The Labute approximate surface area is 182 Å². The molecule has 3 aromatic rings. The van der Waals surface area contributed by atoms with Gasteiger partial charge in [-0.15, -0.1) is 0 Å². The Morgan fingerprint density at radius 2 is 2.13 bits per heavy atom. The predicted octanol–water partition coefficient (Wildman–Crippen LogP) is 2.83. The van der Waals surface area contributed by atoms with Gasteiger partial charge in [0.15, 0.2) is 5.65 Å². The topological polar surface area (TPSA) is 87.7 Å². The van der Waals surface area contributed by atoms with Gasteiger partial charge in [-0.1, -0.05) is 6.92 Å². The fourth-order valence-corrected chi connectivity index (χ4v) is 4.38. The lowest BCUT2D eigenvalue weighted by Gasteiger charge is -2.36. The number of anilines is 2. The van der Waals surface area contributed by atoms with E-state index in [1.54, 1.807) is 10.6 Å². The van der Waals surface area contributed by atoms with E-state index < -0.39 is 0 Å². The van der Waals surface area contributed by atoms with Gasteiger partial charge in [-0.25, -0.2) is 4.98 Å². The number of aliphatic hydroxyl groups excluding tert-OH is 1. The standard InChI is InChI=1S/C23H32N6O2/c1-3-18-16-25-29-20(24-15-17-8-11-27(4-2)22(31)13-17)14-21(26-23(18)29)28-10-6-5-7-19(28)9-12-30/h8,11,13-14,16,19,24,30H,3-7,9-10,12,15H2,1-2H3/t19-/m0/s1. The molecule has 8 nitrogen and oxygen atoms in total. The van der Waals surface area contributed by atoms with Gasteiger partial charge in [0.1, 0.15) is 11.6 Å². The van der Waals surface area contributed by atoms with E-state index in [9.17, 15) is 9.90 Å². The van der Waals surface area contributed by atoms with Crippen molar-refractivity contribution in [3.8, 4) is 0 Å². The van der Waals surface area contributed by atoms with Crippen molar-refractivity contribution in [2.75, 3.05) is 23.4 Å². The molecule has 31 heavy (non-hydrogen) atoms. The minimum atomic E-state index is 0.00915. The lowest BCUT2D eigenvalue weighted by molar-refractivity contribution is 0.262. The Bertz CT molecular complexity index is 1090. The average molecular weight is 425 g/mol. The average Bonchev–Trinajstić information content (AvgIpc) is 3.21. The lowest BCUT2D eigenvalue weighted by atomic mass is 9.99. The number of aliphatic hydroxyl groups is 1. The number of nitrogens with one attached hydrogen (secondary N) is 1. The van der Waals surface area contributed by atoms with E-state index >= 15 is 0 Å². The van der Waals surface area contributed by atoms with Crippen molar-refractivity contribution in [3.63, 3.8) is 0 Å². The van der Waals surface area contributed by atoms with Crippen molar-refractivity contribution in [2.45, 2.75) is 65.1 Å². The fourth-order valence-electron chi connectivity index (χ4n) is 4.38. The molecule has 1 atom stereocenters. The molecule has 0 unspecified atom stereocenters. The molecule has 8 heteroatoms. The van der Waals surface area contributed by atoms with Crippen LogP contribution in [0.1, 0.15) is 50.7 Å². The van der Waals surface area contributed by atoms with E-state index in [0.717, 1.165) is 60.6 Å². The third kappa shape index (κ3) is 4.44. The molecular weight excluding hydrogens is 392 g/mol. The Morgan fingerprint density at radius 3 is 2.87 bits per heavy atom. The van der Waals surface area contributed by atoms with Gasteiger partial charge in [0.2, 0.25) is 0 Å².